The van der Waals surface area contributed by atoms with Crippen molar-refractivity contribution < 1.29 is 0 Å². The van der Waals surface area contributed by atoms with Gasteiger partial charge in [-0.15, -0.1) is 11.3 Å². The molecule has 3 aliphatic rings. The molecule has 0 amide bonds. The third kappa shape index (κ3) is 6.25. The predicted octanol–water partition coefficient (Wildman–Crippen LogP) is 15.9. The zero-order valence-electron chi connectivity index (χ0n) is 41.0. The van der Waals surface area contributed by atoms with Crippen molar-refractivity contribution >= 4 is 99.9 Å². The number of hydrogen-bond donors (Lipinski definition) is 1. The van der Waals surface area contributed by atoms with Crippen LogP contribution in [-0.2, 0) is 16.2 Å². The number of aromatic nitrogens is 1. The van der Waals surface area contributed by atoms with Crippen LogP contribution in [0.5, 0.6) is 0 Å². The maximum Gasteiger partial charge on any atom is 0.197 e. The lowest BCUT2D eigenvalue weighted by Gasteiger charge is -2.33. The van der Waals surface area contributed by atoms with Crippen LogP contribution in [0.4, 0.5) is 17.1 Å². The zero-order valence-corrected chi connectivity index (χ0v) is 41.8. The molecule has 0 saturated carbocycles. The Kier molecular flexibility index (Phi) is 8.83. The number of benzene rings is 8. The number of anilines is 3. The highest BCUT2D eigenvalue weighted by molar-refractivity contribution is 7.25. The highest BCUT2D eigenvalue weighted by Crippen LogP contribution is 2.52. The zero-order chi connectivity index (χ0) is 47.5. The molecule has 13 rings (SSSR count). The summed E-state index contributed by atoms with van der Waals surface area (Å²) >= 11 is 1.88. The van der Waals surface area contributed by atoms with Crippen LogP contribution in [0.15, 0.2) is 158 Å². The van der Waals surface area contributed by atoms with Gasteiger partial charge < -0.3 is 14.8 Å². The van der Waals surface area contributed by atoms with E-state index < -0.39 is 0 Å². The van der Waals surface area contributed by atoms with Crippen LogP contribution >= 0.6 is 11.3 Å². The second-order valence-corrected chi connectivity index (χ2v) is 23.4. The standard InChI is InChI=1S/C64H55BN3S/c1-36-28-54(37-16-12-11-13-17-37)67(10)55-35-57-52(32-44(36)55)65-60-42(25-26-43-47-31-51-45(33-56(47)68(57)61(43)60)41-18-14-15-19-50(41)64(51,8)9)46-30-49-48-29-39(63(5,6)7)22-27-58(48)69-59(49)34-53(46)66-40-23-20-38(21-24-40)62(2,3)4/h11-35,66H,1H2,2-10H3. The van der Waals surface area contributed by atoms with E-state index in [4.69, 9.17) is 0 Å². The number of nitrogens with zero attached hydrogens (tertiary/aromatic N) is 2. The highest BCUT2D eigenvalue weighted by Gasteiger charge is 2.37. The molecule has 1 N–H and O–H groups in total. The minimum atomic E-state index is -0.124. The van der Waals surface area contributed by atoms with E-state index in [1.165, 1.54) is 109 Å². The Bertz CT molecular complexity index is 3900. The first kappa shape index (κ1) is 42.1. The van der Waals surface area contributed by atoms with Gasteiger partial charge in [-0.1, -0.05) is 158 Å². The van der Waals surface area contributed by atoms with Crippen LogP contribution < -0.4 is 21.1 Å². The smallest absolute Gasteiger partial charge is 0.197 e. The van der Waals surface area contributed by atoms with Gasteiger partial charge in [-0.25, -0.2) is 0 Å². The van der Waals surface area contributed by atoms with Crippen molar-refractivity contribution in [1.82, 2.24) is 4.57 Å². The minimum Gasteiger partial charge on any atom is -0.355 e. The van der Waals surface area contributed by atoms with Crippen LogP contribution in [0.3, 0.4) is 0 Å². The normalized spacial score (nSPS) is 14.8. The van der Waals surface area contributed by atoms with Crippen molar-refractivity contribution in [3.05, 3.63) is 192 Å². The van der Waals surface area contributed by atoms with Gasteiger partial charge >= 0.3 is 0 Å². The number of allylic oxidation sites excluding steroid dienone is 2. The maximum atomic E-state index is 4.69. The SMILES string of the molecule is C=C1C=C(c2ccccc2)N(C)c2cc3c(cc21)[B]c1c(-c2cc4c(cc2Nc2ccc(C(C)(C)C)cc2)sc2ccc(C(C)(C)C)cc24)ccc2c4cc5c(cc4n-3c12)-c1ccccc1C5(C)C. The van der Waals surface area contributed by atoms with E-state index >= 15 is 0 Å². The molecular formula is C64H55BN3S. The summed E-state index contributed by atoms with van der Waals surface area (Å²) in [5.41, 5.74) is 24.4. The summed E-state index contributed by atoms with van der Waals surface area (Å²) in [5.74, 6) is 0. The third-order valence-electron chi connectivity index (χ3n) is 15.6. The first-order valence-corrected chi connectivity index (χ1v) is 25.2. The van der Waals surface area contributed by atoms with E-state index in [-0.39, 0.29) is 16.2 Å². The molecule has 2 aliphatic heterocycles. The lowest BCUT2D eigenvalue weighted by molar-refractivity contribution is 0.590. The summed E-state index contributed by atoms with van der Waals surface area (Å²) in [6, 6.07) is 55.4. The van der Waals surface area contributed by atoms with E-state index in [1.54, 1.807) is 0 Å². The summed E-state index contributed by atoms with van der Waals surface area (Å²) < 4.78 is 5.18. The Balaban J connectivity index is 1.09. The molecule has 0 atom stereocenters. The molecule has 1 aliphatic carbocycles. The van der Waals surface area contributed by atoms with E-state index in [2.05, 4.69) is 243 Å². The quantitative estimate of drug-likeness (QED) is 0.178. The summed E-state index contributed by atoms with van der Waals surface area (Å²) in [4.78, 5) is 2.35. The summed E-state index contributed by atoms with van der Waals surface area (Å²) in [5, 5.41) is 9.14. The Morgan fingerprint density at radius 2 is 1.30 bits per heavy atom. The predicted molar refractivity (Wildman–Crippen MR) is 301 cm³/mol. The molecule has 3 nitrogen and oxygen atoms in total. The van der Waals surface area contributed by atoms with Crippen molar-refractivity contribution in [3.8, 4) is 27.9 Å². The summed E-state index contributed by atoms with van der Waals surface area (Å²) in [7, 11) is 4.67. The molecular weight excluding hydrogens is 854 g/mol. The van der Waals surface area contributed by atoms with Gasteiger partial charge in [0.05, 0.1) is 11.2 Å². The first-order valence-electron chi connectivity index (χ1n) is 24.4. The van der Waals surface area contributed by atoms with Gasteiger partial charge in [-0.05, 0) is 127 Å². The molecule has 335 valence electrons. The third-order valence-corrected chi connectivity index (χ3v) is 16.7. The number of rotatable bonds is 4. The van der Waals surface area contributed by atoms with Crippen molar-refractivity contribution in [2.75, 3.05) is 17.3 Å². The van der Waals surface area contributed by atoms with Crippen molar-refractivity contribution in [2.45, 2.75) is 71.6 Å². The summed E-state index contributed by atoms with van der Waals surface area (Å²) in [6.45, 7) is 23.2. The average Bonchev–Trinajstić information content (AvgIpc) is 3.93. The van der Waals surface area contributed by atoms with E-state index in [0.717, 1.165) is 33.9 Å². The molecule has 0 bridgehead atoms. The topological polar surface area (TPSA) is 20.2 Å². The Morgan fingerprint density at radius 3 is 2.07 bits per heavy atom. The van der Waals surface area contributed by atoms with Gasteiger partial charge in [0.1, 0.15) is 0 Å². The van der Waals surface area contributed by atoms with Crippen molar-refractivity contribution in [2.24, 2.45) is 0 Å². The van der Waals surface area contributed by atoms with Gasteiger partial charge in [0, 0.05) is 82.8 Å². The largest absolute Gasteiger partial charge is 0.355 e. The van der Waals surface area contributed by atoms with E-state index in [0.29, 0.717) is 0 Å². The molecule has 10 aromatic rings. The van der Waals surface area contributed by atoms with Gasteiger partial charge in [0.25, 0.3) is 0 Å². The Hall–Kier alpha value is -7.08. The fourth-order valence-corrected chi connectivity index (χ4v) is 12.8. The van der Waals surface area contributed by atoms with Crippen LogP contribution in [0, 0.1) is 0 Å². The van der Waals surface area contributed by atoms with Gasteiger partial charge in [-0.2, -0.15) is 0 Å². The minimum absolute atomic E-state index is 0.0344. The first-order chi connectivity index (χ1) is 33.0. The number of nitrogens with one attached hydrogen (secondary N) is 1. The molecule has 0 spiro atoms. The second-order valence-electron chi connectivity index (χ2n) is 22.3. The molecule has 0 unspecified atom stereocenters. The molecule has 0 saturated heterocycles. The lowest BCUT2D eigenvalue weighted by Crippen LogP contribution is -2.38. The molecule has 69 heavy (non-hydrogen) atoms. The number of fused-ring (bicyclic) bond motifs is 12. The molecule has 5 heteroatoms. The van der Waals surface area contributed by atoms with Gasteiger partial charge in [0.2, 0.25) is 0 Å². The van der Waals surface area contributed by atoms with Crippen molar-refractivity contribution in [1.29, 1.82) is 0 Å². The molecule has 2 aromatic heterocycles. The highest BCUT2D eigenvalue weighted by atomic mass is 32.1. The fourth-order valence-electron chi connectivity index (χ4n) is 11.7. The van der Waals surface area contributed by atoms with E-state index in [9.17, 15) is 0 Å². The van der Waals surface area contributed by atoms with Gasteiger partial charge in [-0.3, -0.25) is 0 Å². The monoisotopic (exact) mass is 908 g/mol. The van der Waals surface area contributed by atoms with Crippen molar-refractivity contribution in [3.63, 3.8) is 0 Å². The van der Waals surface area contributed by atoms with Crippen LogP contribution in [0.2, 0.25) is 0 Å². The average molecular weight is 909 g/mol. The Morgan fingerprint density at radius 1 is 0.580 bits per heavy atom. The fraction of sp³-hybridized carbons (Fsp3) is 0.188. The second kappa shape index (κ2) is 14.5. The van der Waals surface area contributed by atoms with E-state index in [1.807, 2.05) is 11.3 Å². The lowest BCUT2D eigenvalue weighted by atomic mass is 9.58. The van der Waals surface area contributed by atoms with Crippen LogP contribution in [0.1, 0.15) is 88.8 Å². The van der Waals surface area contributed by atoms with Crippen LogP contribution in [-0.4, -0.2) is 18.9 Å². The summed E-state index contributed by atoms with van der Waals surface area (Å²) in [6.07, 6.45) is 2.25. The molecule has 0 fully saturated rings. The van der Waals surface area contributed by atoms with Crippen LogP contribution in [0.25, 0.3) is 81.2 Å². The molecule has 1 radical (unpaired) electrons. The number of hydrogen-bond acceptors (Lipinski definition) is 3. The maximum absolute atomic E-state index is 4.69. The molecule has 4 heterocycles. The molecule has 8 aromatic carbocycles. The van der Waals surface area contributed by atoms with Gasteiger partial charge in [0.15, 0.2) is 7.28 Å². The Labute approximate surface area is 410 Å². The number of thiophene rings is 1.